The fourth-order valence-corrected chi connectivity index (χ4v) is 12.5. The molecule has 4 aliphatic rings. The summed E-state index contributed by atoms with van der Waals surface area (Å²) in [5.74, 6) is 0. The van der Waals surface area contributed by atoms with Gasteiger partial charge < -0.3 is 19.6 Å². The van der Waals surface area contributed by atoms with Gasteiger partial charge in [0.1, 0.15) is 0 Å². The number of nitrogens with zero attached hydrogens (tertiary/aromatic N) is 4. The molecule has 0 N–H and O–H groups in total. The summed E-state index contributed by atoms with van der Waals surface area (Å²) in [7, 11) is 0. The summed E-state index contributed by atoms with van der Waals surface area (Å²) in [5.41, 5.74) is 21.0. The number of hydrogen-bond donors (Lipinski definition) is 0. The molecule has 0 amide bonds. The Labute approximate surface area is 371 Å². The lowest BCUT2D eigenvalue weighted by molar-refractivity contribution is 1.24. The van der Waals surface area contributed by atoms with Crippen LogP contribution in [0.5, 0.6) is 0 Å². The summed E-state index contributed by atoms with van der Waals surface area (Å²) in [5, 5.41) is 1.29. The van der Waals surface area contributed by atoms with Crippen LogP contribution in [0.4, 0.5) is 68.2 Å². The number of para-hydroxylation sites is 5. The van der Waals surface area contributed by atoms with Crippen LogP contribution in [0.2, 0.25) is 0 Å². The van der Waals surface area contributed by atoms with Gasteiger partial charge in [0.25, 0.3) is 13.4 Å². The first kappa shape index (κ1) is 34.9. The van der Waals surface area contributed by atoms with E-state index in [9.17, 15) is 0 Å². The predicted molar refractivity (Wildman–Crippen MR) is 270 cm³/mol. The van der Waals surface area contributed by atoms with Crippen LogP contribution in [0.15, 0.2) is 218 Å². The Morgan fingerprint density at radius 2 is 0.714 bits per heavy atom. The maximum Gasteiger partial charge on any atom is 0.264 e. The summed E-state index contributed by atoms with van der Waals surface area (Å²) in [6.45, 7) is 0.00557. The van der Waals surface area contributed by atoms with Gasteiger partial charge in [0.2, 0.25) is 0 Å². The lowest BCUT2D eigenvalue weighted by Gasteiger charge is -2.46. The average molecular weight is 819 g/mol. The van der Waals surface area contributed by atoms with Gasteiger partial charge in [0.05, 0.1) is 5.69 Å². The Kier molecular flexibility index (Phi) is 7.42. The van der Waals surface area contributed by atoms with E-state index in [4.69, 9.17) is 0 Å². The molecule has 0 saturated carbocycles. The van der Waals surface area contributed by atoms with E-state index in [2.05, 4.69) is 238 Å². The minimum Gasteiger partial charge on any atom is -0.311 e. The normalized spacial score (nSPS) is 13.8. The molecule has 4 aliphatic heterocycles. The molecule has 4 nitrogen and oxygen atoms in total. The second-order valence-corrected chi connectivity index (χ2v) is 17.9. The van der Waals surface area contributed by atoms with Gasteiger partial charge in [0, 0.05) is 77.4 Å². The zero-order chi connectivity index (χ0) is 41.2. The molecule has 9 aromatic carbocycles. The Bertz CT molecular complexity index is 3450. The SMILES string of the molecule is c1ccc(N2c3ccccc3B3c4cc5c(cc4N(c4ccccc4)c4cccc2c43)N(c2ccccc2)c2cccc3c2B5c2sc4ccccc4c2N3c2ccccc2)cc1. The molecule has 7 heteroatoms. The van der Waals surface area contributed by atoms with E-state index in [-0.39, 0.29) is 13.4 Å². The third-order valence-corrected chi connectivity index (χ3v) is 14.8. The monoisotopic (exact) mass is 818 g/mol. The zero-order valence-corrected chi connectivity index (χ0v) is 35.0. The molecule has 0 saturated heterocycles. The highest BCUT2D eigenvalue weighted by Crippen LogP contribution is 2.50. The van der Waals surface area contributed by atoms with Crippen LogP contribution < -0.4 is 51.7 Å². The van der Waals surface area contributed by atoms with E-state index in [1.165, 1.54) is 93.4 Å². The number of hydrogen-bond acceptors (Lipinski definition) is 5. The zero-order valence-electron chi connectivity index (χ0n) is 34.1. The van der Waals surface area contributed by atoms with Crippen LogP contribution in [0, 0.1) is 0 Å². The lowest BCUT2D eigenvalue weighted by atomic mass is 9.31. The summed E-state index contributed by atoms with van der Waals surface area (Å²) >= 11 is 1.95. The standard InChI is InChI=1S/C56H36B2N4S/c1-5-19-37(20-6-1)59-45-29-15-14-28-42(45)57-43-35-44-51(36-50(43)60(38-21-7-2-8-22-38)47-31-17-30-46(59)53(47)57)61(39-23-9-3-10-24-39)48-32-18-33-49-54(48)58(44)56-55(41-27-13-16-34-52(41)63-56)62(49)40-25-11-4-12-26-40/h1-36H. The molecule has 0 spiro atoms. The van der Waals surface area contributed by atoms with Crippen molar-refractivity contribution in [3.63, 3.8) is 0 Å². The molecule has 0 fully saturated rings. The molecule has 0 unspecified atom stereocenters. The van der Waals surface area contributed by atoms with E-state index in [0.717, 1.165) is 17.1 Å². The molecule has 63 heavy (non-hydrogen) atoms. The molecule has 10 aromatic rings. The Hall–Kier alpha value is -7.73. The van der Waals surface area contributed by atoms with Gasteiger partial charge in [-0.1, -0.05) is 127 Å². The maximum atomic E-state index is 2.62. The van der Waals surface area contributed by atoms with Gasteiger partial charge in [0.15, 0.2) is 0 Å². The third-order valence-electron chi connectivity index (χ3n) is 13.6. The topological polar surface area (TPSA) is 13.0 Å². The van der Waals surface area contributed by atoms with Crippen LogP contribution in [-0.4, -0.2) is 13.4 Å². The molecule has 0 bridgehead atoms. The van der Waals surface area contributed by atoms with Gasteiger partial charge in [-0.15, -0.1) is 11.3 Å². The first-order valence-corrected chi connectivity index (χ1v) is 22.6. The number of anilines is 12. The molecule has 292 valence electrons. The van der Waals surface area contributed by atoms with Crippen LogP contribution in [0.1, 0.15) is 0 Å². The molecule has 1 aromatic heterocycles. The minimum atomic E-state index is 0.000673. The fraction of sp³-hybridized carbons (Fsp3) is 0. The van der Waals surface area contributed by atoms with Crippen LogP contribution >= 0.6 is 11.3 Å². The molecular formula is C56H36B2N4S. The van der Waals surface area contributed by atoms with Crippen LogP contribution in [0.25, 0.3) is 10.1 Å². The Morgan fingerprint density at radius 1 is 0.302 bits per heavy atom. The van der Waals surface area contributed by atoms with E-state index in [1.54, 1.807) is 0 Å². The Morgan fingerprint density at radius 3 is 1.29 bits per heavy atom. The molecule has 0 atom stereocenters. The molecular weight excluding hydrogens is 782 g/mol. The van der Waals surface area contributed by atoms with Gasteiger partial charge in [-0.3, -0.25) is 0 Å². The van der Waals surface area contributed by atoms with E-state index >= 15 is 0 Å². The highest BCUT2D eigenvalue weighted by Gasteiger charge is 2.48. The van der Waals surface area contributed by atoms with Crippen molar-refractivity contribution in [2.75, 3.05) is 19.6 Å². The summed E-state index contributed by atoms with van der Waals surface area (Å²) in [6, 6.07) is 80.8. The van der Waals surface area contributed by atoms with Crippen molar-refractivity contribution in [1.29, 1.82) is 0 Å². The van der Waals surface area contributed by atoms with E-state index < -0.39 is 0 Å². The highest BCUT2D eigenvalue weighted by atomic mass is 32.1. The summed E-state index contributed by atoms with van der Waals surface area (Å²) in [4.78, 5) is 10.1. The quantitative estimate of drug-likeness (QED) is 0.164. The van der Waals surface area contributed by atoms with Crippen molar-refractivity contribution in [2.45, 2.75) is 0 Å². The first-order chi connectivity index (χ1) is 31.3. The highest BCUT2D eigenvalue weighted by molar-refractivity contribution is 7.33. The largest absolute Gasteiger partial charge is 0.311 e. The molecule has 0 radical (unpaired) electrons. The van der Waals surface area contributed by atoms with E-state index in [1.807, 2.05) is 11.3 Å². The van der Waals surface area contributed by atoms with Crippen molar-refractivity contribution < 1.29 is 0 Å². The number of benzene rings is 9. The average Bonchev–Trinajstić information content (AvgIpc) is 3.73. The smallest absolute Gasteiger partial charge is 0.264 e. The summed E-state index contributed by atoms with van der Waals surface area (Å²) in [6.07, 6.45) is 0. The first-order valence-electron chi connectivity index (χ1n) is 21.8. The maximum absolute atomic E-state index is 2.62. The van der Waals surface area contributed by atoms with Gasteiger partial charge in [-0.25, -0.2) is 0 Å². The molecule has 14 rings (SSSR count). The van der Waals surface area contributed by atoms with Gasteiger partial charge in [-0.05, 0) is 118 Å². The fourth-order valence-electron chi connectivity index (χ4n) is 11.2. The van der Waals surface area contributed by atoms with Crippen molar-refractivity contribution in [3.8, 4) is 0 Å². The van der Waals surface area contributed by atoms with Crippen LogP contribution in [-0.2, 0) is 0 Å². The predicted octanol–water partition coefficient (Wildman–Crippen LogP) is 11.1. The second-order valence-electron chi connectivity index (χ2n) is 16.8. The number of fused-ring (bicyclic) bond motifs is 10. The van der Waals surface area contributed by atoms with Crippen molar-refractivity contribution in [3.05, 3.63) is 218 Å². The van der Waals surface area contributed by atoms with Gasteiger partial charge in [-0.2, -0.15) is 0 Å². The number of rotatable bonds is 4. The summed E-state index contributed by atoms with van der Waals surface area (Å²) < 4.78 is 2.68. The Balaban J connectivity index is 1.11. The van der Waals surface area contributed by atoms with Crippen molar-refractivity contribution in [2.24, 2.45) is 0 Å². The molecule has 0 aliphatic carbocycles. The van der Waals surface area contributed by atoms with E-state index in [0.29, 0.717) is 0 Å². The van der Waals surface area contributed by atoms with Crippen molar-refractivity contribution in [1.82, 2.24) is 0 Å². The second kappa shape index (κ2) is 13.4. The van der Waals surface area contributed by atoms with Crippen molar-refractivity contribution >= 4 is 135 Å². The molecule has 5 heterocycles. The minimum absolute atomic E-state index is 0.000673. The van der Waals surface area contributed by atoms with Gasteiger partial charge >= 0.3 is 0 Å². The number of thiophene rings is 1. The lowest BCUT2D eigenvalue weighted by Crippen LogP contribution is -2.64. The van der Waals surface area contributed by atoms with Crippen LogP contribution in [0.3, 0.4) is 0 Å². The third kappa shape index (κ3) is 4.88.